The highest BCUT2D eigenvalue weighted by atomic mass is 79.9. The van der Waals surface area contributed by atoms with Gasteiger partial charge in [-0.2, -0.15) is 0 Å². The molecule has 0 aromatic heterocycles. The number of aryl methyl sites for hydroxylation is 1. The molecule has 0 nitrogen and oxygen atoms in total. The Morgan fingerprint density at radius 2 is 1.26 bits per heavy atom. The van der Waals surface area contributed by atoms with Crippen LogP contribution in [0, 0.1) is 6.92 Å². The van der Waals surface area contributed by atoms with Crippen molar-refractivity contribution < 1.29 is 0 Å². The van der Waals surface area contributed by atoms with Crippen molar-refractivity contribution in [3.8, 4) is 11.1 Å². The first kappa shape index (κ1) is 20.9. The predicted octanol–water partition coefficient (Wildman–Crippen LogP) is 7.46. The molecule has 0 radical (unpaired) electrons. The quantitative estimate of drug-likeness (QED) is 0.264. The summed E-state index contributed by atoms with van der Waals surface area (Å²) < 4.78 is 1.25. The second-order valence-electron chi connectivity index (χ2n) is 8.44. The third-order valence-corrected chi connectivity index (χ3v) is 12.2. The minimum absolute atomic E-state index is 1.25. The minimum Gasteiger partial charge on any atom is -0.0654 e. The molecular weight excluding hydrogens is 408 g/mol. The number of halogens is 1. The van der Waals surface area contributed by atoms with Gasteiger partial charge in [0.1, 0.15) is 8.07 Å². The molecule has 0 amide bonds. The molecule has 1 aliphatic rings. The predicted molar refractivity (Wildman–Crippen MR) is 127 cm³/mol. The maximum absolute atomic E-state index is 3.78. The van der Waals surface area contributed by atoms with Crippen LogP contribution < -0.4 is 10.4 Å². The molecule has 146 valence electrons. The maximum Gasteiger partial charge on any atom is 0.119 e. The minimum atomic E-state index is -1.67. The molecule has 0 fully saturated rings. The van der Waals surface area contributed by atoms with E-state index in [9.17, 15) is 0 Å². The van der Waals surface area contributed by atoms with Gasteiger partial charge in [0.2, 0.25) is 0 Å². The van der Waals surface area contributed by atoms with Crippen LogP contribution in [0.2, 0.25) is 12.1 Å². The maximum atomic E-state index is 3.78. The highest BCUT2D eigenvalue weighted by Crippen LogP contribution is 2.36. The lowest BCUT2D eigenvalue weighted by atomic mass is 10.0. The van der Waals surface area contributed by atoms with Crippen molar-refractivity contribution in [1.29, 1.82) is 0 Å². The molecule has 0 saturated heterocycles. The summed E-state index contributed by atoms with van der Waals surface area (Å²) >= 11 is 3.78. The van der Waals surface area contributed by atoms with E-state index in [1.165, 1.54) is 79.1 Å². The standard InChI is InChI=1S/C25H35BrSi/c1-4-6-8-10-16-27(17-11-9-7-5-2)24-18-20(3)12-14-22(24)23-15-13-21(26)19-25(23)27/h12-15,18-19H,4-11,16-17H2,1-3H3. The Bertz CT molecular complexity index is 699. The van der Waals surface area contributed by atoms with E-state index in [-0.39, 0.29) is 0 Å². The van der Waals surface area contributed by atoms with E-state index in [1.54, 1.807) is 15.9 Å². The molecule has 2 heteroatoms. The van der Waals surface area contributed by atoms with E-state index < -0.39 is 8.07 Å². The lowest BCUT2D eigenvalue weighted by Gasteiger charge is -2.30. The Kier molecular flexibility index (Phi) is 7.39. The summed E-state index contributed by atoms with van der Waals surface area (Å²) in [4.78, 5) is 0. The van der Waals surface area contributed by atoms with Crippen molar-refractivity contribution in [1.82, 2.24) is 0 Å². The summed E-state index contributed by atoms with van der Waals surface area (Å²) in [6.45, 7) is 6.91. The first-order chi connectivity index (χ1) is 13.1. The smallest absolute Gasteiger partial charge is 0.0654 e. The van der Waals surface area contributed by atoms with Crippen molar-refractivity contribution in [2.75, 3.05) is 0 Å². The van der Waals surface area contributed by atoms with E-state index in [0.717, 1.165) is 0 Å². The largest absolute Gasteiger partial charge is 0.119 e. The normalized spacial score (nSPS) is 14.2. The Labute approximate surface area is 175 Å². The fourth-order valence-corrected chi connectivity index (χ4v) is 11.3. The van der Waals surface area contributed by atoms with Crippen LogP contribution in [0.4, 0.5) is 0 Å². The van der Waals surface area contributed by atoms with Gasteiger partial charge in [-0.25, -0.2) is 0 Å². The molecule has 1 heterocycles. The highest BCUT2D eigenvalue weighted by molar-refractivity contribution is 9.10. The first-order valence-corrected chi connectivity index (χ1v) is 14.2. The molecule has 0 unspecified atom stereocenters. The van der Waals surface area contributed by atoms with Crippen LogP contribution in [-0.4, -0.2) is 8.07 Å². The zero-order valence-corrected chi connectivity index (χ0v) is 20.0. The Balaban J connectivity index is 2.03. The molecule has 0 atom stereocenters. The summed E-state index contributed by atoms with van der Waals surface area (Å²) in [6, 6.07) is 17.2. The van der Waals surface area contributed by atoms with Crippen LogP contribution in [0.3, 0.4) is 0 Å². The molecular formula is C25H35BrSi. The molecule has 0 aliphatic carbocycles. The molecule has 27 heavy (non-hydrogen) atoms. The monoisotopic (exact) mass is 442 g/mol. The van der Waals surface area contributed by atoms with Crippen LogP contribution in [0.5, 0.6) is 0 Å². The topological polar surface area (TPSA) is 0 Å². The summed E-state index contributed by atoms with van der Waals surface area (Å²) in [5.74, 6) is 0. The number of hydrogen-bond donors (Lipinski definition) is 0. The van der Waals surface area contributed by atoms with Crippen LogP contribution in [0.25, 0.3) is 11.1 Å². The molecule has 3 rings (SSSR count). The van der Waals surface area contributed by atoms with Gasteiger partial charge in [0.25, 0.3) is 0 Å². The number of benzene rings is 2. The SMILES string of the molecule is CCCCCC[Si]1(CCCCCC)c2cc(C)ccc2-c2ccc(Br)cc21. The third-order valence-electron chi connectivity index (χ3n) is 6.39. The van der Waals surface area contributed by atoms with Gasteiger partial charge in [-0.1, -0.05) is 111 Å². The fourth-order valence-electron chi connectivity index (χ4n) is 4.95. The summed E-state index contributed by atoms with van der Waals surface area (Å²) in [5, 5.41) is 3.45. The number of unbranched alkanes of at least 4 members (excludes halogenated alkanes) is 6. The van der Waals surface area contributed by atoms with Crippen molar-refractivity contribution >= 4 is 34.4 Å². The number of rotatable bonds is 10. The van der Waals surface area contributed by atoms with Crippen molar-refractivity contribution in [3.63, 3.8) is 0 Å². The number of hydrogen-bond acceptors (Lipinski definition) is 0. The lowest BCUT2D eigenvalue weighted by Crippen LogP contribution is -2.55. The zero-order valence-electron chi connectivity index (χ0n) is 17.4. The van der Waals surface area contributed by atoms with Gasteiger partial charge in [-0.3, -0.25) is 0 Å². The third kappa shape index (κ3) is 4.43. The van der Waals surface area contributed by atoms with Crippen LogP contribution in [0.15, 0.2) is 40.9 Å². The van der Waals surface area contributed by atoms with Gasteiger partial charge in [-0.05, 0) is 52.6 Å². The highest BCUT2D eigenvalue weighted by Gasteiger charge is 2.44. The van der Waals surface area contributed by atoms with Gasteiger partial charge >= 0.3 is 0 Å². The first-order valence-electron chi connectivity index (χ1n) is 11.0. The van der Waals surface area contributed by atoms with Gasteiger partial charge in [0.15, 0.2) is 0 Å². The summed E-state index contributed by atoms with van der Waals surface area (Å²) in [6.07, 6.45) is 11.0. The van der Waals surface area contributed by atoms with E-state index >= 15 is 0 Å². The lowest BCUT2D eigenvalue weighted by molar-refractivity contribution is 0.684. The molecule has 0 bridgehead atoms. The van der Waals surface area contributed by atoms with Crippen molar-refractivity contribution in [3.05, 3.63) is 46.4 Å². The van der Waals surface area contributed by atoms with Gasteiger partial charge in [0, 0.05) is 4.47 Å². The van der Waals surface area contributed by atoms with Crippen molar-refractivity contribution in [2.24, 2.45) is 0 Å². The number of fused-ring (bicyclic) bond motifs is 3. The summed E-state index contributed by atoms with van der Waals surface area (Å²) in [7, 11) is -1.67. The van der Waals surface area contributed by atoms with E-state index in [1.807, 2.05) is 0 Å². The second-order valence-corrected chi connectivity index (χ2v) is 13.6. The molecule has 0 saturated carbocycles. The van der Waals surface area contributed by atoms with E-state index in [4.69, 9.17) is 0 Å². The molecule has 0 N–H and O–H groups in total. The average Bonchev–Trinajstić information content (AvgIpc) is 2.92. The summed E-state index contributed by atoms with van der Waals surface area (Å²) in [5.41, 5.74) is 4.51. The second kappa shape index (κ2) is 9.56. The van der Waals surface area contributed by atoms with Gasteiger partial charge in [-0.15, -0.1) is 0 Å². The Morgan fingerprint density at radius 1 is 0.704 bits per heavy atom. The van der Waals surface area contributed by atoms with Gasteiger partial charge in [0.05, 0.1) is 0 Å². The fraction of sp³-hybridized carbons (Fsp3) is 0.520. The average molecular weight is 444 g/mol. The van der Waals surface area contributed by atoms with Crippen molar-refractivity contribution in [2.45, 2.75) is 84.2 Å². The molecule has 2 aromatic carbocycles. The van der Waals surface area contributed by atoms with E-state index in [2.05, 4.69) is 73.1 Å². The van der Waals surface area contributed by atoms with Crippen LogP contribution in [-0.2, 0) is 0 Å². The molecule has 0 spiro atoms. The Hall–Kier alpha value is -0.863. The van der Waals surface area contributed by atoms with E-state index in [0.29, 0.717) is 0 Å². The Morgan fingerprint density at radius 3 is 1.85 bits per heavy atom. The molecule has 2 aromatic rings. The van der Waals surface area contributed by atoms with Crippen LogP contribution >= 0.6 is 15.9 Å². The molecule has 1 aliphatic heterocycles. The van der Waals surface area contributed by atoms with Crippen LogP contribution in [0.1, 0.15) is 70.8 Å². The van der Waals surface area contributed by atoms with Gasteiger partial charge < -0.3 is 0 Å². The zero-order chi connectivity index (χ0) is 19.3.